The summed E-state index contributed by atoms with van der Waals surface area (Å²) in [5.74, 6) is -1.09. The zero-order valence-electron chi connectivity index (χ0n) is 9.68. The second kappa shape index (κ2) is 6.64. The number of azide groups is 1. The molecule has 1 rings (SSSR count). The predicted molar refractivity (Wildman–Crippen MR) is 62.7 cm³/mol. The second-order valence-electron chi connectivity index (χ2n) is 3.72. The van der Waals surface area contributed by atoms with Crippen molar-refractivity contribution in [1.29, 1.82) is 0 Å². The average molecular weight is 270 g/mol. The van der Waals surface area contributed by atoms with Crippen molar-refractivity contribution in [2.75, 3.05) is 6.54 Å². The third kappa shape index (κ3) is 3.88. The van der Waals surface area contributed by atoms with Gasteiger partial charge >= 0.3 is 5.69 Å². The van der Waals surface area contributed by atoms with Crippen molar-refractivity contribution in [1.82, 2.24) is 0 Å². The highest BCUT2D eigenvalue weighted by Crippen LogP contribution is 2.24. The molecule has 0 saturated carbocycles. The highest BCUT2D eigenvalue weighted by molar-refractivity contribution is 5.36. The highest BCUT2D eigenvalue weighted by atomic mass is 19.1. The molecule has 0 bridgehead atoms. The maximum atomic E-state index is 13.3. The van der Waals surface area contributed by atoms with Crippen LogP contribution in [0.15, 0.2) is 23.3 Å². The van der Waals surface area contributed by atoms with Crippen LogP contribution in [0.4, 0.5) is 10.1 Å². The maximum Gasteiger partial charge on any atom is 0.304 e. The van der Waals surface area contributed by atoms with E-state index in [0.717, 1.165) is 18.2 Å². The summed E-state index contributed by atoms with van der Waals surface area (Å²) >= 11 is 0. The molecular formula is C10H11FN4O4. The molecule has 0 aliphatic carbocycles. The number of aliphatic hydroxyl groups excluding tert-OH is 2. The Bertz CT molecular complexity index is 518. The highest BCUT2D eigenvalue weighted by Gasteiger charge is 2.21. The van der Waals surface area contributed by atoms with Crippen LogP contribution in [0.1, 0.15) is 18.1 Å². The third-order valence-electron chi connectivity index (χ3n) is 2.46. The largest absolute Gasteiger partial charge is 0.390 e. The molecule has 0 radical (unpaired) electrons. The molecule has 1 aromatic rings. The summed E-state index contributed by atoms with van der Waals surface area (Å²) in [6.45, 7) is -0.0236. The number of nitrogens with zero attached hydrogens (tertiary/aromatic N) is 4. The minimum absolute atomic E-state index is 0.0101. The lowest BCUT2D eigenvalue weighted by Gasteiger charge is -2.17. The van der Waals surface area contributed by atoms with E-state index in [1.807, 2.05) is 0 Å². The molecule has 8 nitrogen and oxygen atoms in total. The number of aliphatic hydroxyl groups is 2. The van der Waals surface area contributed by atoms with Gasteiger partial charge in [-0.1, -0.05) is 5.11 Å². The number of rotatable bonds is 6. The van der Waals surface area contributed by atoms with Crippen LogP contribution in [-0.2, 0) is 0 Å². The number of halogens is 1. The van der Waals surface area contributed by atoms with Gasteiger partial charge in [0, 0.05) is 17.5 Å². The van der Waals surface area contributed by atoms with Crippen molar-refractivity contribution >= 4 is 5.69 Å². The monoisotopic (exact) mass is 270 g/mol. The van der Waals surface area contributed by atoms with Crippen molar-refractivity contribution in [2.24, 2.45) is 5.11 Å². The molecular weight excluding hydrogens is 259 g/mol. The van der Waals surface area contributed by atoms with Gasteiger partial charge in [0.05, 0.1) is 11.0 Å². The molecule has 2 atom stereocenters. The molecule has 0 saturated heterocycles. The Kier molecular flexibility index (Phi) is 5.19. The minimum atomic E-state index is -1.41. The van der Waals surface area contributed by atoms with E-state index in [2.05, 4.69) is 10.0 Å². The molecule has 19 heavy (non-hydrogen) atoms. The lowest BCUT2D eigenvalue weighted by atomic mass is 10.0. The summed E-state index contributed by atoms with van der Waals surface area (Å²) in [7, 11) is 0. The summed E-state index contributed by atoms with van der Waals surface area (Å²) in [5.41, 5.74) is 7.36. The molecule has 0 aliphatic rings. The van der Waals surface area contributed by atoms with Crippen molar-refractivity contribution in [3.05, 3.63) is 50.1 Å². The molecule has 0 fully saturated rings. The van der Waals surface area contributed by atoms with E-state index in [0.29, 0.717) is 0 Å². The summed E-state index contributed by atoms with van der Waals surface area (Å²) in [4.78, 5) is 12.0. The Balaban J connectivity index is 2.82. The first-order chi connectivity index (χ1) is 8.97. The Morgan fingerprint density at radius 2 is 2.21 bits per heavy atom. The second-order valence-corrected chi connectivity index (χ2v) is 3.72. The summed E-state index contributed by atoms with van der Waals surface area (Å²) in [6, 6.07) is 2.86. The molecule has 2 N–H and O–H groups in total. The molecule has 102 valence electrons. The van der Waals surface area contributed by atoms with Crippen molar-refractivity contribution in [2.45, 2.75) is 18.6 Å². The van der Waals surface area contributed by atoms with Crippen LogP contribution in [0, 0.1) is 15.9 Å². The summed E-state index contributed by atoms with van der Waals surface area (Å²) < 4.78 is 13.3. The van der Waals surface area contributed by atoms with Gasteiger partial charge in [0.1, 0.15) is 6.10 Å². The van der Waals surface area contributed by atoms with E-state index in [9.17, 15) is 24.7 Å². The number of benzene rings is 1. The van der Waals surface area contributed by atoms with Crippen molar-refractivity contribution in [3.8, 4) is 0 Å². The predicted octanol–water partition coefficient (Wildman–Crippen LogP) is 1.83. The van der Waals surface area contributed by atoms with E-state index >= 15 is 0 Å². The fourth-order valence-corrected chi connectivity index (χ4v) is 1.47. The molecule has 2 unspecified atom stereocenters. The van der Waals surface area contributed by atoms with Crippen LogP contribution in [0.3, 0.4) is 0 Å². The van der Waals surface area contributed by atoms with Gasteiger partial charge in [-0.25, -0.2) is 0 Å². The molecule has 0 aliphatic heterocycles. The van der Waals surface area contributed by atoms with E-state index in [1.165, 1.54) is 0 Å². The Hall–Kier alpha value is -2.22. The Labute approximate surface area is 106 Å². The lowest BCUT2D eigenvalue weighted by Crippen LogP contribution is -2.19. The Morgan fingerprint density at radius 3 is 2.74 bits per heavy atom. The van der Waals surface area contributed by atoms with Crippen LogP contribution in [0.25, 0.3) is 10.4 Å². The molecule has 0 heterocycles. The fourth-order valence-electron chi connectivity index (χ4n) is 1.47. The lowest BCUT2D eigenvalue weighted by molar-refractivity contribution is -0.387. The van der Waals surface area contributed by atoms with Gasteiger partial charge in [-0.05, 0) is 29.6 Å². The first-order valence-corrected chi connectivity index (χ1v) is 5.28. The van der Waals surface area contributed by atoms with Gasteiger partial charge in [-0.2, -0.15) is 4.39 Å². The van der Waals surface area contributed by atoms with Crippen LogP contribution < -0.4 is 0 Å². The minimum Gasteiger partial charge on any atom is -0.390 e. The Morgan fingerprint density at radius 1 is 1.53 bits per heavy atom. The van der Waals surface area contributed by atoms with Crippen molar-refractivity contribution < 1.29 is 19.5 Å². The fraction of sp³-hybridized carbons (Fsp3) is 0.400. The van der Waals surface area contributed by atoms with Gasteiger partial charge < -0.3 is 10.2 Å². The molecule has 0 spiro atoms. The van der Waals surface area contributed by atoms with E-state index in [-0.39, 0.29) is 18.5 Å². The van der Waals surface area contributed by atoms with Gasteiger partial charge in [0.25, 0.3) is 0 Å². The molecule has 1 aromatic carbocycles. The summed E-state index contributed by atoms with van der Waals surface area (Å²) in [6.07, 6.45) is -2.68. The van der Waals surface area contributed by atoms with Crippen LogP contribution in [-0.4, -0.2) is 27.8 Å². The van der Waals surface area contributed by atoms with Crippen LogP contribution in [0.5, 0.6) is 0 Å². The van der Waals surface area contributed by atoms with E-state index in [4.69, 9.17) is 5.53 Å². The molecule has 0 amide bonds. The third-order valence-corrected chi connectivity index (χ3v) is 2.46. The quantitative estimate of drug-likeness (QED) is 0.268. The number of hydrogen-bond donors (Lipinski definition) is 2. The topological polar surface area (TPSA) is 132 Å². The zero-order valence-corrected chi connectivity index (χ0v) is 9.68. The standard InChI is InChI=1S/C10H11FN4O4/c11-7-5-6(1-2-8(7)15(18)19)10(17)9(16)3-4-13-14-12/h1-2,5,9-10,16-17H,3-4H2. The average Bonchev–Trinajstić information content (AvgIpc) is 2.37. The van der Waals surface area contributed by atoms with Crippen LogP contribution in [0.2, 0.25) is 0 Å². The number of nitro groups is 1. The van der Waals surface area contributed by atoms with Gasteiger partial charge in [0.15, 0.2) is 0 Å². The molecule has 0 aromatic heterocycles. The first kappa shape index (κ1) is 14.8. The summed E-state index contributed by atoms with van der Waals surface area (Å²) in [5, 5.41) is 32.9. The maximum absolute atomic E-state index is 13.3. The zero-order chi connectivity index (χ0) is 14.4. The van der Waals surface area contributed by atoms with Crippen molar-refractivity contribution in [3.63, 3.8) is 0 Å². The SMILES string of the molecule is [N-]=[N+]=NCCC(O)C(O)c1ccc([N+](=O)[O-])c(F)c1. The van der Waals surface area contributed by atoms with E-state index < -0.39 is 28.6 Å². The normalized spacial score (nSPS) is 13.4. The number of hydrogen-bond acceptors (Lipinski definition) is 5. The first-order valence-electron chi connectivity index (χ1n) is 5.28. The number of nitro benzene ring substituents is 1. The van der Waals surface area contributed by atoms with Gasteiger partial charge in [-0.15, -0.1) is 0 Å². The van der Waals surface area contributed by atoms with Gasteiger partial charge in [0.2, 0.25) is 5.82 Å². The van der Waals surface area contributed by atoms with E-state index in [1.54, 1.807) is 0 Å². The van der Waals surface area contributed by atoms with Crippen LogP contribution >= 0.6 is 0 Å². The van der Waals surface area contributed by atoms with Gasteiger partial charge in [-0.3, -0.25) is 10.1 Å². The molecule has 9 heteroatoms. The smallest absolute Gasteiger partial charge is 0.304 e.